The van der Waals surface area contributed by atoms with E-state index in [1.165, 1.54) is 24.8 Å². The average Bonchev–Trinajstić information content (AvgIpc) is 3.17. The lowest BCUT2D eigenvalue weighted by molar-refractivity contribution is -0.146. The van der Waals surface area contributed by atoms with Crippen molar-refractivity contribution in [2.75, 3.05) is 13.2 Å². The minimum Gasteiger partial charge on any atom is -0.348 e. The Bertz CT molecular complexity index is 623. The molecule has 1 aliphatic heterocycles. The van der Waals surface area contributed by atoms with Gasteiger partial charge in [-0.3, -0.25) is 4.79 Å². The van der Waals surface area contributed by atoms with Gasteiger partial charge in [0.1, 0.15) is 0 Å². The fourth-order valence-electron chi connectivity index (χ4n) is 6.16. The van der Waals surface area contributed by atoms with E-state index in [0.29, 0.717) is 30.3 Å². The number of fused-ring (bicyclic) bond motifs is 3. The maximum atomic E-state index is 12.7. The second-order valence-electron chi connectivity index (χ2n) is 8.78. The molecular formula is C22H32O3. The van der Waals surface area contributed by atoms with Crippen molar-refractivity contribution in [1.82, 2.24) is 0 Å². The van der Waals surface area contributed by atoms with Crippen LogP contribution in [0.2, 0.25) is 0 Å². The predicted molar refractivity (Wildman–Crippen MR) is 98.1 cm³/mol. The molecule has 3 nitrogen and oxygen atoms in total. The number of hydrogen-bond donors (Lipinski definition) is 0. The van der Waals surface area contributed by atoms with Crippen LogP contribution in [0.1, 0.15) is 72.1 Å². The molecule has 0 aromatic heterocycles. The van der Waals surface area contributed by atoms with Crippen LogP contribution in [0.15, 0.2) is 22.8 Å². The average molecular weight is 344 g/mol. The molecule has 138 valence electrons. The van der Waals surface area contributed by atoms with Crippen LogP contribution < -0.4 is 0 Å². The number of hydrogen-bond acceptors (Lipinski definition) is 3. The van der Waals surface area contributed by atoms with Crippen LogP contribution in [0.5, 0.6) is 0 Å². The van der Waals surface area contributed by atoms with Crippen LogP contribution in [0.4, 0.5) is 0 Å². The van der Waals surface area contributed by atoms with Crippen molar-refractivity contribution in [3.8, 4) is 0 Å². The zero-order valence-electron chi connectivity index (χ0n) is 16.0. The lowest BCUT2D eigenvalue weighted by Crippen LogP contribution is -2.38. The normalized spacial score (nSPS) is 39.0. The SMILES string of the molecule is CC=C1CCC2C3CCC(=O)C(CCC4(C)OCCO4)=C3CCC12C. The van der Waals surface area contributed by atoms with Gasteiger partial charge in [0.05, 0.1) is 13.2 Å². The summed E-state index contributed by atoms with van der Waals surface area (Å²) in [6.45, 7) is 8.04. The predicted octanol–water partition coefficient (Wildman–Crippen LogP) is 4.96. The van der Waals surface area contributed by atoms with Gasteiger partial charge in [-0.25, -0.2) is 0 Å². The Labute approximate surface area is 151 Å². The highest BCUT2D eigenvalue weighted by Crippen LogP contribution is 2.61. The van der Waals surface area contributed by atoms with Gasteiger partial charge in [0.2, 0.25) is 0 Å². The molecule has 0 bridgehead atoms. The van der Waals surface area contributed by atoms with Gasteiger partial charge in [0.25, 0.3) is 0 Å². The number of ether oxygens (including phenoxy) is 2. The minimum atomic E-state index is -0.491. The quantitative estimate of drug-likeness (QED) is 0.679. The molecule has 0 aromatic rings. The molecule has 25 heavy (non-hydrogen) atoms. The summed E-state index contributed by atoms with van der Waals surface area (Å²) in [6.07, 6.45) is 10.7. The summed E-state index contributed by atoms with van der Waals surface area (Å²) in [7, 11) is 0. The molecule has 3 unspecified atom stereocenters. The van der Waals surface area contributed by atoms with Crippen molar-refractivity contribution >= 4 is 5.78 Å². The third-order valence-electron chi connectivity index (χ3n) is 7.61. The van der Waals surface area contributed by atoms with E-state index >= 15 is 0 Å². The van der Waals surface area contributed by atoms with Crippen LogP contribution >= 0.6 is 0 Å². The van der Waals surface area contributed by atoms with Crippen molar-refractivity contribution < 1.29 is 14.3 Å². The van der Waals surface area contributed by atoms with Crippen molar-refractivity contribution in [2.45, 2.75) is 77.9 Å². The second-order valence-corrected chi connectivity index (χ2v) is 8.78. The van der Waals surface area contributed by atoms with Gasteiger partial charge in [0.15, 0.2) is 11.6 Å². The monoisotopic (exact) mass is 344 g/mol. The van der Waals surface area contributed by atoms with E-state index in [-0.39, 0.29) is 0 Å². The van der Waals surface area contributed by atoms with Gasteiger partial charge in [-0.05, 0) is 75.2 Å². The Balaban J connectivity index is 1.59. The number of carbonyl (C=O) groups excluding carboxylic acids is 1. The number of ketones is 1. The van der Waals surface area contributed by atoms with Gasteiger partial charge in [-0.15, -0.1) is 0 Å². The van der Waals surface area contributed by atoms with E-state index in [1.54, 1.807) is 5.57 Å². The Kier molecular flexibility index (Phi) is 4.44. The van der Waals surface area contributed by atoms with E-state index in [0.717, 1.165) is 43.6 Å². The second kappa shape index (κ2) is 6.35. The van der Waals surface area contributed by atoms with Gasteiger partial charge in [-0.1, -0.05) is 24.1 Å². The van der Waals surface area contributed by atoms with Crippen LogP contribution in [-0.2, 0) is 14.3 Å². The van der Waals surface area contributed by atoms with Crippen LogP contribution in [0.3, 0.4) is 0 Å². The fourth-order valence-corrected chi connectivity index (χ4v) is 6.16. The van der Waals surface area contributed by atoms with Gasteiger partial charge >= 0.3 is 0 Å². The molecular weight excluding hydrogens is 312 g/mol. The molecule has 1 heterocycles. The zero-order chi connectivity index (χ0) is 17.7. The first kappa shape index (κ1) is 17.5. The molecule has 0 spiro atoms. The molecule has 3 atom stereocenters. The first-order valence-electron chi connectivity index (χ1n) is 10.2. The topological polar surface area (TPSA) is 35.5 Å². The first-order chi connectivity index (χ1) is 12.0. The Morgan fingerprint density at radius 1 is 1.12 bits per heavy atom. The highest BCUT2D eigenvalue weighted by Gasteiger charge is 2.51. The number of rotatable bonds is 3. The van der Waals surface area contributed by atoms with Crippen LogP contribution in [0, 0.1) is 17.3 Å². The third kappa shape index (κ3) is 2.84. The van der Waals surface area contributed by atoms with Gasteiger partial charge in [-0.2, -0.15) is 0 Å². The highest BCUT2D eigenvalue weighted by atomic mass is 16.7. The lowest BCUT2D eigenvalue weighted by atomic mass is 9.58. The van der Waals surface area contributed by atoms with Crippen LogP contribution in [-0.4, -0.2) is 24.8 Å². The summed E-state index contributed by atoms with van der Waals surface area (Å²) in [5.41, 5.74) is 4.67. The van der Waals surface area contributed by atoms with Crippen molar-refractivity contribution in [3.05, 3.63) is 22.8 Å². The summed E-state index contributed by atoms with van der Waals surface area (Å²) < 4.78 is 11.5. The highest BCUT2D eigenvalue weighted by molar-refractivity contribution is 5.97. The van der Waals surface area contributed by atoms with E-state index in [1.807, 2.05) is 6.92 Å². The molecule has 3 fully saturated rings. The fraction of sp³-hybridized carbons (Fsp3) is 0.773. The molecule has 0 N–H and O–H groups in total. The molecule has 0 amide bonds. The van der Waals surface area contributed by atoms with Crippen LogP contribution in [0.25, 0.3) is 0 Å². The van der Waals surface area contributed by atoms with Gasteiger partial charge < -0.3 is 9.47 Å². The Morgan fingerprint density at radius 3 is 2.60 bits per heavy atom. The molecule has 3 aliphatic carbocycles. The molecule has 1 saturated heterocycles. The molecule has 0 aromatic carbocycles. The molecule has 0 radical (unpaired) electrons. The largest absolute Gasteiger partial charge is 0.348 e. The summed E-state index contributed by atoms with van der Waals surface area (Å²) in [4.78, 5) is 12.7. The summed E-state index contributed by atoms with van der Waals surface area (Å²) in [5.74, 6) is 1.26. The zero-order valence-corrected chi connectivity index (χ0v) is 16.0. The molecule has 3 heteroatoms. The van der Waals surface area contributed by atoms with E-state index in [4.69, 9.17) is 9.47 Å². The summed E-state index contributed by atoms with van der Waals surface area (Å²) >= 11 is 0. The number of carbonyl (C=O) groups is 1. The first-order valence-corrected chi connectivity index (χ1v) is 10.2. The maximum absolute atomic E-state index is 12.7. The van der Waals surface area contributed by atoms with E-state index in [9.17, 15) is 4.79 Å². The number of Topliss-reactive ketones (excluding diaryl/α,β-unsaturated/α-hetero) is 1. The molecule has 4 rings (SSSR count). The van der Waals surface area contributed by atoms with E-state index < -0.39 is 5.79 Å². The summed E-state index contributed by atoms with van der Waals surface area (Å²) in [6, 6.07) is 0. The summed E-state index contributed by atoms with van der Waals surface area (Å²) in [5, 5.41) is 0. The van der Waals surface area contributed by atoms with Crippen molar-refractivity contribution in [1.29, 1.82) is 0 Å². The van der Waals surface area contributed by atoms with E-state index in [2.05, 4.69) is 19.9 Å². The maximum Gasteiger partial charge on any atom is 0.166 e. The standard InChI is InChI=1S/C22H32O3/c1-4-15-5-7-19-17-6-8-20(23)18(16(17)9-11-21(15,19)2)10-12-22(3)24-13-14-25-22/h4,17,19H,5-14H2,1-3H3. The van der Waals surface area contributed by atoms with Crippen molar-refractivity contribution in [3.63, 3.8) is 0 Å². The number of allylic oxidation sites excluding steroid dienone is 4. The lowest BCUT2D eigenvalue weighted by Gasteiger charge is -2.46. The van der Waals surface area contributed by atoms with Crippen molar-refractivity contribution in [2.24, 2.45) is 17.3 Å². The molecule has 2 saturated carbocycles. The molecule has 4 aliphatic rings. The Morgan fingerprint density at radius 2 is 1.88 bits per heavy atom. The smallest absolute Gasteiger partial charge is 0.166 e. The third-order valence-corrected chi connectivity index (χ3v) is 7.61. The van der Waals surface area contributed by atoms with Gasteiger partial charge in [0, 0.05) is 12.8 Å². The Hall–Kier alpha value is -0.930. The minimum absolute atomic E-state index is 0.373.